The van der Waals surface area contributed by atoms with E-state index in [4.69, 9.17) is 0 Å². The molecule has 1 heterocycles. The van der Waals surface area contributed by atoms with Crippen molar-refractivity contribution in [1.29, 1.82) is 0 Å². The van der Waals surface area contributed by atoms with Crippen molar-refractivity contribution in [2.24, 2.45) is 5.41 Å². The Morgan fingerprint density at radius 2 is 1.67 bits per heavy atom. The third-order valence-corrected chi connectivity index (χ3v) is 6.41. The highest BCUT2D eigenvalue weighted by molar-refractivity contribution is 5.54. The van der Waals surface area contributed by atoms with Gasteiger partial charge in [-0.15, -0.1) is 0 Å². The second-order valence-corrected chi connectivity index (χ2v) is 8.78. The average Bonchev–Trinajstić information content (AvgIpc) is 2.72. The lowest BCUT2D eigenvalue weighted by Crippen LogP contribution is -2.47. The predicted octanol–water partition coefficient (Wildman–Crippen LogP) is 6.33. The molecule has 0 bridgehead atoms. The Morgan fingerprint density at radius 3 is 2.33 bits per heavy atom. The van der Waals surface area contributed by atoms with Crippen LogP contribution < -0.4 is 5.32 Å². The van der Waals surface area contributed by atoms with Crippen LogP contribution >= 0.6 is 0 Å². The number of fused-ring (bicyclic) bond motifs is 1. The molecule has 4 rings (SSSR count). The summed E-state index contributed by atoms with van der Waals surface area (Å²) in [6, 6.07) is 13.5. The van der Waals surface area contributed by atoms with E-state index in [-0.39, 0.29) is 17.0 Å². The van der Waals surface area contributed by atoms with Gasteiger partial charge in [-0.05, 0) is 92.8 Å². The third-order valence-electron chi connectivity index (χ3n) is 6.41. The maximum atomic E-state index is 13.4. The lowest BCUT2D eigenvalue weighted by Gasteiger charge is -2.48. The Bertz CT molecular complexity index is 944. The van der Waals surface area contributed by atoms with E-state index in [0.717, 1.165) is 56.7 Å². The minimum atomic E-state index is -0.227. The number of allylic oxidation sites excluding steroid dienone is 2. The van der Waals surface area contributed by atoms with Gasteiger partial charge in [0.15, 0.2) is 0 Å². The van der Waals surface area contributed by atoms with Gasteiger partial charge in [0.1, 0.15) is 11.6 Å². The minimum Gasteiger partial charge on any atom is -0.356 e. The van der Waals surface area contributed by atoms with E-state index in [1.54, 1.807) is 24.3 Å². The molecule has 1 saturated heterocycles. The molecule has 158 valence electrons. The Labute approximate surface area is 178 Å². The maximum absolute atomic E-state index is 13.4. The van der Waals surface area contributed by atoms with Crippen LogP contribution in [0.15, 0.2) is 71.5 Å². The second kappa shape index (κ2) is 8.73. The molecule has 30 heavy (non-hydrogen) atoms. The van der Waals surface area contributed by atoms with Gasteiger partial charge >= 0.3 is 0 Å². The molecular formula is C26H30F2N2. The van der Waals surface area contributed by atoms with Crippen LogP contribution in [0.5, 0.6) is 0 Å². The Balaban J connectivity index is 1.63. The normalized spacial score (nSPS) is 21.9. The maximum Gasteiger partial charge on any atom is 0.123 e. The molecule has 1 unspecified atom stereocenters. The fourth-order valence-corrected chi connectivity index (χ4v) is 5.01. The summed E-state index contributed by atoms with van der Waals surface area (Å²) < 4.78 is 26.7. The van der Waals surface area contributed by atoms with Crippen LogP contribution in [-0.2, 0) is 6.42 Å². The molecule has 2 aliphatic rings. The first-order chi connectivity index (χ1) is 14.5. The van der Waals surface area contributed by atoms with Gasteiger partial charge in [0.25, 0.3) is 0 Å². The van der Waals surface area contributed by atoms with Crippen molar-refractivity contribution in [1.82, 2.24) is 4.90 Å². The van der Waals surface area contributed by atoms with Crippen molar-refractivity contribution < 1.29 is 8.78 Å². The number of likely N-dealkylation sites (tertiary alicyclic amines) is 1. The summed E-state index contributed by atoms with van der Waals surface area (Å²) in [5.41, 5.74) is 6.03. The van der Waals surface area contributed by atoms with Crippen LogP contribution in [0.25, 0.3) is 0 Å². The van der Waals surface area contributed by atoms with E-state index in [2.05, 4.69) is 30.1 Å². The van der Waals surface area contributed by atoms with Crippen molar-refractivity contribution in [3.05, 3.63) is 88.6 Å². The van der Waals surface area contributed by atoms with Gasteiger partial charge in [0.2, 0.25) is 0 Å². The van der Waals surface area contributed by atoms with Gasteiger partial charge in [-0.2, -0.15) is 0 Å². The second-order valence-electron chi connectivity index (χ2n) is 8.78. The molecule has 4 heteroatoms. The lowest BCUT2D eigenvalue weighted by atomic mass is 9.65. The van der Waals surface area contributed by atoms with Crippen LogP contribution in [0.3, 0.4) is 0 Å². The third kappa shape index (κ3) is 4.49. The quantitative estimate of drug-likeness (QED) is 0.601. The SMILES string of the molecule is CCCN1CCC2=CC(Nc3ccc(F)cc3)=C(C)CC2(Cc2ccc(F)cc2)C1. The molecule has 2 aromatic carbocycles. The highest BCUT2D eigenvalue weighted by Crippen LogP contribution is 2.47. The van der Waals surface area contributed by atoms with E-state index in [9.17, 15) is 8.78 Å². The van der Waals surface area contributed by atoms with E-state index in [1.165, 1.54) is 28.8 Å². The fourth-order valence-electron chi connectivity index (χ4n) is 5.01. The van der Waals surface area contributed by atoms with Gasteiger partial charge < -0.3 is 10.2 Å². The molecule has 1 fully saturated rings. The number of benzene rings is 2. The summed E-state index contributed by atoms with van der Waals surface area (Å²) in [6.07, 6.45) is 6.40. The van der Waals surface area contributed by atoms with E-state index >= 15 is 0 Å². The molecule has 0 amide bonds. The lowest BCUT2D eigenvalue weighted by molar-refractivity contribution is 0.136. The number of piperidine rings is 1. The summed E-state index contributed by atoms with van der Waals surface area (Å²) in [5, 5.41) is 3.49. The number of anilines is 1. The zero-order chi connectivity index (χ0) is 21.1. The molecule has 1 aliphatic carbocycles. The summed E-state index contributed by atoms with van der Waals surface area (Å²) in [7, 11) is 0. The van der Waals surface area contributed by atoms with Crippen molar-refractivity contribution in [2.75, 3.05) is 25.0 Å². The Hall–Kier alpha value is -2.46. The molecule has 1 atom stereocenters. The van der Waals surface area contributed by atoms with Crippen LogP contribution in [0.1, 0.15) is 38.7 Å². The highest BCUT2D eigenvalue weighted by Gasteiger charge is 2.41. The molecule has 1 aliphatic heterocycles. The van der Waals surface area contributed by atoms with Gasteiger partial charge in [-0.1, -0.05) is 24.6 Å². The standard InChI is InChI=1S/C26H30F2N2/c1-3-13-30-14-12-21-15-25(29-24-10-8-23(28)9-11-24)19(2)16-26(21,18-30)17-20-4-6-22(27)7-5-20/h4-11,15,29H,3,12-14,16-18H2,1-2H3. The summed E-state index contributed by atoms with van der Waals surface area (Å²) >= 11 is 0. The molecule has 0 radical (unpaired) electrons. The number of hydrogen-bond acceptors (Lipinski definition) is 2. The number of hydrogen-bond donors (Lipinski definition) is 1. The van der Waals surface area contributed by atoms with E-state index in [0.29, 0.717) is 0 Å². The fraction of sp³-hybridized carbons (Fsp3) is 0.385. The van der Waals surface area contributed by atoms with Crippen LogP contribution in [0.4, 0.5) is 14.5 Å². The number of rotatable bonds is 6. The van der Waals surface area contributed by atoms with Gasteiger partial charge in [-0.25, -0.2) is 8.78 Å². The Morgan fingerprint density at radius 1 is 1.00 bits per heavy atom. The number of halogens is 2. The van der Waals surface area contributed by atoms with Crippen molar-refractivity contribution >= 4 is 5.69 Å². The molecular weight excluding hydrogens is 378 g/mol. The van der Waals surface area contributed by atoms with Crippen LogP contribution in [-0.4, -0.2) is 24.5 Å². The zero-order valence-corrected chi connectivity index (χ0v) is 17.8. The summed E-state index contributed by atoms with van der Waals surface area (Å²) in [4.78, 5) is 2.58. The molecule has 0 saturated carbocycles. The molecule has 2 nitrogen and oxygen atoms in total. The van der Waals surface area contributed by atoms with Gasteiger partial charge in [0, 0.05) is 29.9 Å². The molecule has 0 spiro atoms. The first-order valence-electron chi connectivity index (χ1n) is 10.9. The van der Waals surface area contributed by atoms with E-state index < -0.39 is 0 Å². The summed E-state index contributed by atoms with van der Waals surface area (Å²) in [5.74, 6) is -0.413. The van der Waals surface area contributed by atoms with Crippen molar-refractivity contribution in [3.63, 3.8) is 0 Å². The van der Waals surface area contributed by atoms with E-state index in [1.807, 2.05) is 12.1 Å². The van der Waals surface area contributed by atoms with Crippen molar-refractivity contribution in [2.45, 2.75) is 39.5 Å². The predicted molar refractivity (Wildman–Crippen MR) is 119 cm³/mol. The van der Waals surface area contributed by atoms with Crippen LogP contribution in [0, 0.1) is 17.0 Å². The molecule has 0 aromatic heterocycles. The first kappa shape index (κ1) is 20.8. The zero-order valence-electron chi connectivity index (χ0n) is 17.8. The summed E-state index contributed by atoms with van der Waals surface area (Å²) in [6.45, 7) is 7.64. The van der Waals surface area contributed by atoms with Crippen molar-refractivity contribution in [3.8, 4) is 0 Å². The largest absolute Gasteiger partial charge is 0.356 e. The van der Waals surface area contributed by atoms with Gasteiger partial charge in [-0.3, -0.25) is 0 Å². The molecule has 2 aromatic rings. The smallest absolute Gasteiger partial charge is 0.123 e. The topological polar surface area (TPSA) is 15.3 Å². The Kier molecular flexibility index (Phi) is 6.05. The highest BCUT2D eigenvalue weighted by atomic mass is 19.1. The number of nitrogens with zero attached hydrogens (tertiary/aromatic N) is 1. The first-order valence-corrected chi connectivity index (χ1v) is 10.9. The van der Waals surface area contributed by atoms with Gasteiger partial charge in [0.05, 0.1) is 0 Å². The average molecular weight is 409 g/mol. The minimum absolute atomic E-state index is 0.0449. The molecule has 1 N–H and O–H groups in total. The monoisotopic (exact) mass is 408 g/mol. The number of nitrogens with one attached hydrogen (secondary N) is 1. The van der Waals surface area contributed by atoms with Crippen LogP contribution in [0.2, 0.25) is 0 Å².